The van der Waals surface area contributed by atoms with Gasteiger partial charge in [-0.15, -0.1) is 0 Å². The molecule has 1 aliphatic heterocycles. The number of carbonyl (C=O) groups excluding carboxylic acids is 1. The first-order valence-corrected chi connectivity index (χ1v) is 4.41. The maximum Gasteiger partial charge on any atom is 0.328 e. The van der Waals surface area contributed by atoms with Crippen LogP contribution in [0.25, 0.3) is 0 Å². The molecule has 5 nitrogen and oxygen atoms in total. The Bertz CT molecular complexity index is 286. The van der Waals surface area contributed by atoms with Crippen molar-refractivity contribution in [2.75, 3.05) is 26.7 Å². The molecule has 0 saturated carbocycles. The van der Waals surface area contributed by atoms with E-state index in [0.717, 1.165) is 6.08 Å². The standard InChI is InChI=1S/C9H14N2O3/c1-7(5-8(12)13)6-11-4-3-10(2)9(11)14/h5H,3-4,6H2,1-2H3,(H,12,13). The summed E-state index contributed by atoms with van der Waals surface area (Å²) in [5.74, 6) is -0.970. The van der Waals surface area contributed by atoms with Crippen molar-refractivity contribution < 1.29 is 14.7 Å². The highest BCUT2D eigenvalue weighted by Crippen LogP contribution is 2.08. The average molecular weight is 198 g/mol. The van der Waals surface area contributed by atoms with Crippen LogP contribution in [0.1, 0.15) is 6.92 Å². The van der Waals surface area contributed by atoms with Crippen LogP contribution < -0.4 is 0 Å². The van der Waals surface area contributed by atoms with Gasteiger partial charge in [-0.1, -0.05) is 0 Å². The van der Waals surface area contributed by atoms with E-state index in [1.165, 1.54) is 0 Å². The van der Waals surface area contributed by atoms with Gasteiger partial charge in [-0.2, -0.15) is 0 Å². The lowest BCUT2D eigenvalue weighted by Gasteiger charge is -2.15. The Hall–Kier alpha value is -1.52. The Morgan fingerprint density at radius 2 is 2.21 bits per heavy atom. The number of hydrogen-bond acceptors (Lipinski definition) is 2. The van der Waals surface area contributed by atoms with Crippen molar-refractivity contribution in [2.24, 2.45) is 0 Å². The molecule has 1 rings (SSSR count). The lowest BCUT2D eigenvalue weighted by Crippen LogP contribution is -2.30. The van der Waals surface area contributed by atoms with E-state index >= 15 is 0 Å². The van der Waals surface area contributed by atoms with Crippen LogP contribution in [-0.4, -0.2) is 53.6 Å². The second kappa shape index (κ2) is 4.13. The number of urea groups is 1. The van der Waals surface area contributed by atoms with Gasteiger partial charge in [0.15, 0.2) is 0 Å². The molecule has 0 spiro atoms. The molecular formula is C9H14N2O3. The summed E-state index contributed by atoms with van der Waals surface area (Å²) in [6.45, 7) is 3.48. The van der Waals surface area contributed by atoms with E-state index in [1.54, 1.807) is 23.8 Å². The fraction of sp³-hybridized carbons (Fsp3) is 0.556. The van der Waals surface area contributed by atoms with E-state index in [2.05, 4.69) is 0 Å². The summed E-state index contributed by atoms with van der Waals surface area (Å²) in [4.78, 5) is 25.0. The molecule has 0 unspecified atom stereocenters. The second-order valence-electron chi connectivity index (χ2n) is 3.45. The van der Waals surface area contributed by atoms with E-state index < -0.39 is 5.97 Å². The van der Waals surface area contributed by atoms with Gasteiger partial charge in [-0.3, -0.25) is 0 Å². The Morgan fingerprint density at radius 1 is 1.57 bits per heavy atom. The quantitative estimate of drug-likeness (QED) is 0.667. The summed E-state index contributed by atoms with van der Waals surface area (Å²) in [7, 11) is 1.73. The maximum atomic E-state index is 11.4. The molecule has 0 atom stereocenters. The molecule has 5 heteroatoms. The zero-order valence-corrected chi connectivity index (χ0v) is 8.36. The Balaban J connectivity index is 2.53. The summed E-state index contributed by atoms with van der Waals surface area (Å²) < 4.78 is 0. The normalized spacial score (nSPS) is 17.9. The average Bonchev–Trinajstić information content (AvgIpc) is 2.34. The van der Waals surface area contributed by atoms with E-state index in [1.807, 2.05) is 0 Å². The number of hydrogen-bond donors (Lipinski definition) is 1. The van der Waals surface area contributed by atoms with Crippen LogP contribution in [-0.2, 0) is 4.79 Å². The third-order valence-electron chi connectivity index (χ3n) is 2.11. The van der Waals surface area contributed by atoms with Crippen LogP contribution in [0.5, 0.6) is 0 Å². The number of aliphatic carboxylic acids is 1. The van der Waals surface area contributed by atoms with Gasteiger partial charge >= 0.3 is 12.0 Å². The molecule has 0 radical (unpaired) electrons. The van der Waals surface area contributed by atoms with Crippen molar-refractivity contribution in [1.29, 1.82) is 0 Å². The van der Waals surface area contributed by atoms with E-state index in [-0.39, 0.29) is 6.03 Å². The minimum atomic E-state index is -0.970. The Kier molecular flexibility index (Phi) is 3.11. The molecule has 14 heavy (non-hydrogen) atoms. The van der Waals surface area contributed by atoms with Gasteiger partial charge in [0.25, 0.3) is 0 Å². The van der Waals surface area contributed by atoms with Crippen molar-refractivity contribution in [3.8, 4) is 0 Å². The zero-order chi connectivity index (χ0) is 10.7. The summed E-state index contributed by atoms with van der Waals surface area (Å²) in [5.41, 5.74) is 0.682. The van der Waals surface area contributed by atoms with Gasteiger partial charge in [0.2, 0.25) is 0 Å². The second-order valence-corrected chi connectivity index (χ2v) is 3.45. The number of rotatable bonds is 3. The summed E-state index contributed by atoms with van der Waals surface area (Å²) in [6.07, 6.45) is 1.13. The van der Waals surface area contributed by atoms with Gasteiger partial charge in [0.05, 0.1) is 0 Å². The molecular weight excluding hydrogens is 184 g/mol. The minimum Gasteiger partial charge on any atom is -0.478 e. The first kappa shape index (κ1) is 10.6. The lowest BCUT2D eigenvalue weighted by molar-refractivity contribution is -0.131. The Labute approximate surface area is 82.6 Å². The smallest absolute Gasteiger partial charge is 0.328 e. The predicted octanol–water partition coefficient (Wildman–Crippen LogP) is 0.385. The van der Waals surface area contributed by atoms with Gasteiger partial charge < -0.3 is 14.9 Å². The van der Waals surface area contributed by atoms with Crippen LogP contribution in [0.2, 0.25) is 0 Å². The SMILES string of the molecule is CC(=CC(=O)O)CN1CCN(C)C1=O. The largest absolute Gasteiger partial charge is 0.478 e. The first-order valence-electron chi connectivity index (χ1n) is 4.41. The monoisotopic (exact) mass is 198 g/mol. The third kappa shape index (κ3) is 2.48. The van der Waals surface area contributed by atoms with Crippen LogP contribution >= 0.6 is 0 Å². The maximum absolute atomic E-state index is 11.4. The first-order chi connectivity index (χ1) is 6.50. The van der Waals surface area contributed by atoms with Crippen molar-refractivity contribution in [2.45, 2.75) is 6.92 Å². The number of carboxylic acid groups (broad SMARTS) is 1. The fourth-order valence-corrected chi connectivity index (χ4v) is 1.41. The molecule has 0 aromatic carbocycles. The highest BCUT2D eigenvalue weighted by Gasteiger charge is 2.24. The van der Waals surface area contributed by atoms with Gasteiger partial charge in [0.1, 0.15) is 0 Å². The van der Waals surface area contributed by atoms with Crippen molar-refractivity contribution in [3.05, 3.63) is 11.6 Å². The molecule has 1 saturated heterocycles. The van der Waals surface area contributed by atoms with E-state index in [4.69, 9.17) is 5.11 Å². The molecule has 2 amide bonds. The lowest BCUT2D eigenvalue weighted by atomic mass is 10.2. The van der Waals surface area contributed by atoms with Crippen molar-refractivity contribution in [1.82, 2.24) is 9.80 Å². The topological polar surface area (TPSA) is 60.9 Å². The zero-order valence-electron chi connectivity index (χ0n) is 8.36. The number of nitrogens with zero attached hydrogens (tertiary/aromatic N) is 2. The van der Waals surface area contributed by atoms with Crippen LogP contribution in [0.4, 0.5) is 4.79 Å². The molecule has 78 valence electrons. The number of likely N-dealkylation sites (N-methyl/N-ethyl adjacent to an activating group) is 1. The molecule has 1 aliphatic rings. The number of amides is 2. The van der Waals surface area contributed by atoms with Gasteiger partial charge in [0, 0.05) is 32.8 Å². The van der Waals surface area contributed by atoms with E-state index in [9.17, 15) is 9.59 Å². The number of carbonyl (C=O) groups is 2. The number of carboxylic acids is 1. The summed E-state index contributed by atoms with van der Waals surface area (Å²) >= 11 is 0. The van der Waals surface area contributed by atoms with Gasteiger partial charge in [-0.05, 0) is 12.5 Å². The molecule has 0 aromatic rings. The van der Waals surface area contributed by atoms with Crippen molar-refractivity contribution >= 4 is 12.0 Å². The highest BCUT2D eigenvalue weighted by molar-refractivity contribution is 5.81. The Morgan fingerprint density at radius 3 is 2.64 bits per heavy atom. The van der Waals surface area contributed by atoms with Crippen LogP contribution in [0.3, 0.4) is 0 Å². The summed E-state index contributed by atoms with van der Waals surface area (Å²) in [6, 6.07) is -0.0388. The van der Waals surface area contributed by atoms with Crippen molar-refractivity contribution in [3.63, 3.8) is 0 Å². The molecule has 0 aliphatic carbocycles. The highest BCUT2D eigenvalue weighted by atomic mass is 16.4. The fourth-order valence-electron chi connectivity index (χ4n) is 1.41. The van der Waals surface area contributed by atoms with Crippen LogP contribution in [0, 0.1) is 0 Å². The molecule has 1 heterocycles. The molecule has 0 aromatic heterocycles. The molecule has 1 N–H and O–H groups in total. The van der Waals surface area contributed by atoms with Crippen LogP contribution in [0.15, 0.2) is 11.6 Å². The minimum absolute atomic E-state index is 0.0388. The van der Waals surface area contributed by atoms with Gasteiger partial charge in [-0.25, -0.2) is 9.59 Å². The third-order valence-corrected chi connectivity index (χ3v) is 2.11. The van der Waals surface area contributed by atoms with E-state index in [0.29, 0.717) is 25.2 Å². The molecule has 0 bridgehead atoms. The predicted molar refractivity (Wildman–Crippen MR) is 51.0 cm³/mol. The molecule has 1 fully saturated rings. The summed E-state index contributed by atoms with van der Waals surface area (Å²) in [5, 5.41) is 8.49.